The second-order valence-corrected chi connectivity index (χ2v) is 7.58. The minimum atomic E-state index is -0.598. The van der Waals surface area contributed by atoms with Crippen LogP contribution in [-0.2, 0) is 15.1 Å². The number of nitrogens with zero attached hydrogens (tertiary/aromatic N) is 1. The van der Waals surface area contributed by atoms with Gasteiger partial charge in [-0.1, -0.05) is 37.5 Å². The Labute approximate surface area is 147 Å². The lowest BCUT2D eigenvalue weighted by atomic mass is 9.90. The molecule has 2 aromatic rings. The summed E-state index contributed by atoms with van der Waals surface area (Å²) in [5, 5.41) is 6.13. The van der Waals surface area contributed by atoms with Crippen LogP contribution in [0.5, 0.6) is 0 Å². The molecule has 2 heterocycles. The fraction of sp³-hybridized carbons (Fsp3) is 0.474. The van der Waals surface area contributed by atoms with E-state index in [2.05, 4.69) is 36.3 Å². The highest BCUT2D eigenvalue weighted by Gasteiger charge is 2.45. The summed E-state index contributed by atoms with van der Waals surface area (Å²) in [4.78, 5) is 16.8. The molecule has 1 saturated heterocycles. The predicted molar refractivity (Wildman–Crippen MR) is 97.7 cm³/mol. The van der Waals surface area contributed by atoms with E-state index >= 15 is 0 Å². The first kappa shape index (κ1) is 17.0. The average molecular weight is 344 g/mol. The number of anilines is 2. The summed E-state index contributed by atoms with van der Waals surface area (Å²) in [6, 6.07) is 8.20. The molecular weight excluding hydrogens is 320 g/mol. The molecule has 4 nitrogen and oxygen atoms in total. The van der Waals surface area contributed by atoms with Gasteiger partial charge in [0.1, 0.15) is 0 Å². The summed E-state index contributed by atoms with van der Waals surface area (Å²) in [5.41, 5.74) is 2.48. The highest BCUT2D eigenvalue weighted by Crippen LogP contribution is 2.42. The Morgan fingerprint density at radius 2 is 2.12 bits per heavy atom. The van der Waals surface area contributed by atoms with Crippen molar-refractivity contribution in [3.05, 3.63) is 40.9 Å². The number of ether oxygens (including phenoxy) is 1. The molecule has 0 bridgehead atoms. The number of hydrogen-bond acceptors (Lipinski definition) is 5. The standard InChI is InChI=1S/C19H24N2O2S/c1-4-5-6-14-11-19(3,23-17(14)22)16-12-24-18(21-16)20-15-9-7-13(2)8-10-15/h7-10,12,14H,4-6,11H2,1-3H3,(H,20,21)/t14-,19+/m1/s1. The van der Waals surface area contributed by atoms with E-state index in [-0.39, 0.29) is 11.9 Å². The Balaban J connectivity index is 1.70. The molecule has 1 aliphatic heterocycles. The van der Waals surface area contributed by atoms with Crippen LogP contribution in [-0.4, -0.2) is 11.0 Å². The molecule has 1 aromatic heterocycles. The summed E-state index contributed by atoms with van der Waals surface area (Å²) in [6.45, 7) is 6.18. The molecule has 0 saturated carbocycles. The van der Waals surface area contributed by atoms with Gasteiger partial charge in [0, 0.05) is 17.5 Å². The van der Waals surface area contributed by atoms with Gasteiger partial charge in [0.05, 0.1) is 11.6 Å². The molecule has 5 heteroatoms. The Bertz CT molecular complexity index is 710. The third-order valence-electron chi connectivity index (χ3n) is 4.55. The van der Waals surface area contributed by atoms with E-state index in [1.165, 1.54) is 5.56 Å². The number of thiazole rings is 1. The minimum absolute atomic E-state index is 0.00478. The molecule has 0 aliphatic carbocycles. The van der Waals surface area contributed by atoms with Crippen molar-refractivity contribution in [2.45, 2.75) is 52.1 Å². The van der Waals surface area contributed by atoms with Gasteiger partial charge in [-0.15, -0.1) is 11.3 Å². The van der Waals surface area contributed by atoms with E-state index in [1.54, 1.807) is 11.3 Å². The summed E-state index contributed by atoms with van der Waals surface area (Å²) in [6.07, 6.45) is 3.79. The summed E-state index contributed by atoms with van der Waals surface area (Å²) >= 11 is 1.54. The van der Waals surface area contributed by atoms with Gasteiger partial charge in [0.15, 0.2) is 10.7 Å². The lowest BCUT2D eigenvalue weighted by Gasteiger charge is -2.19. The van der Waals surface area contributed by atoms with Gasteiger partial charge >= 0.3 is 5.97 Å². The molecule has 0 unspecified atom stereocenters. The zero-order chi connectivity index (χ0) is 17.2. The monoisotopic (exact) mass is 344 g/mol. The van der Waals surface area contributed by atoms with Crippen molar-refractivity contribution in [2.24, 2.45) is 5.92 Å². The Morgan fingerprint density at radius 3 is 2.83 bits per heavy atom. The first-order valence-electron chi connectivity index (χ1n) is 8.53. The van der Waals surface area contributed by atoms with Crippen LogP contribution < -0.4 is 5.32 Å². The number of unbranched alkanes of at least 4 members (excludes halogenated alkanes) is 1. The van der Waals surface area contributed by atoms with Crippen LogP contribution in [0.4, 0.5) is 10.8 Å². The van der Waals surface area contributed by atoms with Gasteiger partial charge in [-0.05, 0) is 32.4 Å². The second kappa shape index (κ2) is 6.93. The number of esters is 1. The number of hydrogen-bond donors (Lipinski definition) is 1. The molecular formula is C19H24N2O2S. The lowest BCUT2D eigenvalue weighted by molar-refractivity contribution is -0.150. The van der Waals surface area contributed by atoms with Crippen LogP contribution >= 0.6 is 11.3 Å². The van der Waals surface area contributed by atoms with Crippen molar-refractivity contribution in [1.82, 2.24) is 4.98 Å². The third-order valence-corrected chi connectivity index (χ3v) is 5.31. The van der Waals surface area contributed by atoms with E-state index in [4.69, 9.17) is 4.74 Å². The normalized spacial score (nSPS) is 23.3. The smallest absolute Gasteiger partial charge is 0.310 e. The zero-order valence-corrected chi connectivity index (χ0v) is 15.3. The maximum atomic E-state index is 12.1. The topological polar surface area (TPSA) is 51.2 Å². The number of rotatable bonds is 6. The highest BCUT2D eigenvalue weighted by molar-refractivity contribution is 7.13. The zero-order valence-electron chi connectivity index (χ0n) is 14.5. The van der Waals surface area contributed by atoms with Gasteiger partial charge in [-0.2, -0.15) is 0 Å². The van der Waals surface area contributed by atoms with E-state index in [1.807, 2.05) is 24.4 Å². The SMILES string of the molecule is CCCC[C@@H]1C[C@@](C)(c2csc(Nc3ccc(C)cc3)n2)OC1=O. The quantitative estimate of drug-likeness (QED) is 0.735. The van der Waals surface area contributed by atoms with E-state index in [9.17, 15) is 4.79 Å². The van der Waals surface area contributed by atoms with Gasteiger partial charge in [-0.3, -0.25) is 4.79 Å². The lowest BCUT2D eigenvalue weighted by Crippen LogP contribution is -2.21. The molecule has 3 rings (SSSR count). The molecule has 1 aromatic carbocycles. The molecule has 0 spiro atoms. The Hall–Kier alpha value is -1.88. The molecule has 1 N–H and O–H groups in total. The minimum Gasteiger partial charge on any atom is -0.453 e. The fourth-order valence-corrected chi connectivity index (χ4v) is 3.92. The largest absolute Gasteiger partial charge is 0.453 e. The van der Waals surface area contributed by atoms with Crippen molar-refractivity contribution in [3.63, 3.8) is 0 Å². The molecule has 2 atom stereocenters. The first-order chi connectivity index (χ1) is 11.5. The Morgan fingerprint density at radius 1 is 1.38 bits per heavy atom. The number of aryl methyl sites for hydroxylation is 1. The number of nitrogens with one attached hydrogen (secondary N) is 1. The molecule has 1 aliphatic rings. The van der Waals surface area contributed by atoms with Crippen LogP contribution in [0.1, 0.15) is 50.8 Å². The number of benzene rings is 1. The number of carbonyl (C=O) groups is 1. The van der Waals surface area contributed by atoms with Crippen LogP contribution in [0.25, 0.3) is 0 Å². The van der Waals surface area contributed by atoms with Crippen LogP contribution in [0.2, 0.25) is 0 Å². The summed E-state index contributed by atoms with van der Waals surface area (Å²) < 4.78 is 5.70. The van der Waals surface area contributed by atoms with Crippen LogP contribution in [0.15, 0.2) is 29.6 Å². The number of cyclic esters (lactones) is 1. The molecule has 0 radical (unpaired) electrons. The maximum Gasteiger partial charge on any atom is 0.310 e. The number of aromatic nitrogens is 1. The van der Waals surface area contributed by atoms with Gasteiger partial charge < -0.3 is 10.1 Å². The van der Waals surface area contributed by atoms with Crippen molar-refractivity contribution in [2.75, 3.05) is 5.32 Å². The van der Waals surface area contributed by atoms with Crippen molar-refractivity contribution < 1.29 is 9.53 Å². The highest BCUT2D eigenvalue weighted by atomic mass is 32.1. The third kappa shape index (κ3) is 3.61. The van der Waals surface area contributed by atoms with Crippen molar-refractivity contribution in [3.8, 4) is 0 Å². The van der Waals surface area contributed by atoms with Gasteiger partial charge in [0.25, 0.3) is 0 Å². The maximum absolute atomic E-state index is 12.1. The van der Waals surface area contributed by atoms with Crippen molar-refractivity contribution in [1.29, 1.82) is 0 Å². The van der Waals surface area contributed by atoms with E-state index in [0.29, 0.717) is 0 Å². The van der Waals surface area contributed by atoms with E-state index < -0.39 is 5.60 Å². The van der Waals surface area contributed by atoms with Crippen LogP contribution in [0, 0.1) is 12.8 Å². The molecule has 128 valence electrons. The fourth-order valence-electron chi connectivity index (χ4n) is 3.06. The van der Waals surface area contributed by atoms with Crippen LogP contribution in [0.3, 0.4) is 0 Å². The molecule has 1 fully saturated rings. The van der Waals surface area contributed by atoms with Gasteiger partial charge in [0.2, 0.25) is 0 Å². The summed E-state index contributed by atoms with van der Waals surface area (Å²) in [5.74, 6) is -0.0721. The van der Waals surface area contributed by atoms with Crippen molar-refractivity contribution >= 4 is 28.1 Å². The number of carbonyl (C=O) groups excluding carboxylic acids is 1. The molecule has 24 heavy (non-hydrogen) atoms. The first-order valence-corrected chi connectivity index (χ1v) is 9.40. The predicted octanol–water partition coefficient (Wildman–Crippen LogP) is 5.16. The average Bonchev–Trinajstić information content (AvgIpc) is 3.13. The van der Waals surface area contributed by atoms with Gasteiger partial charge in [-0.25, -0.2) is 4.98 Å². The Kier molecular flexibility index (Phi) is 4.90. The molecule has 0 amide bonds. The van der Waals surface area contributed by atoms with E-state index in [0.717, 1.165) is 42.2 Å². The second-order valence-electron chi connectivity index (χ2n) is 6.72. The summed E-state index contributed by atoms with van der Waals surface area (Å²) in [7, 11) is 0.